The van der Waals surface area contributed by atoms with E-state index in [-0.39, 0.29) is 5.78 Å². The number of aryl methyl sites for hydroxylation is 2. The predicted molar refractivity (Wildman–Crippen MR) is 86.7 cm³/mol. The lowest BCUT2D eigenvalue weighted by Crippen LogP contribution is -2.10. The standard InChI is InChI=1S/C18H21NO2/c1-12-10-17(21-5)13(2)9-16(12)18(20)14-7-6-8-15(11-14)19(3)4/h6-11H,1-5H3. The van der Waals surface area contributed by atoms with Crippen LogP contribution in [0.5, 0.6) is 5.75 Å². The van der Waals surface area contributed by atoms with E-state index < -0.39 is 0 Å². The van der Waals surface area contributed by atoms with Crippen molar-refractivity contribution in [2.75, 3.05) is 26.1 Å². The van der Waals surface area contributed by atoms with E-state index in [1.54, 1.807) is 7.11 Å². The van der Waals surface area contributed by atoms with Crippen LogP contribution in [0.15, 0.2) is 36.4 Å². The van der Waals surface area contributed by atoms with E-state index >= 15 is 0 Å². The Bertz CT molecular complexity index is 675. The molecule has 2 rings (SSSR count). The molecule has 0 spiro atoms. The summed E-state index contributed by atoms with van der Waals surface area (Å²) in [5.41, 5.74) is 4.34. The van der Waals surface area contributed by atoms with Gasteiger partial charge in [0.1, 0.15) is 5.75 Å². The molecular formula is C18H21NO2. The molecule has 110 valence electrons. The lowest BCUT2D eigenvalue weighted by molar-refractivity contribution is 0.103. The van der Waals surface area contributed by atoms with Crippen LogP contribution in [0.4, 0.5) is 5.69 Å². The van der Waals surface area contributed by atoms with Crippen LogP contribution >= 0.6 is 0 Å². The van der Waals surface area contributed by atoms with Gasteiger partial charge < -0.3 is 9.64 Å². The minimum absolute atomic E-state index is 0.0435. The summed E-state index contributed by atoms with van der Waals surface area (Å²) < 4.78 is 5.30. The third-order valence-electron chi connectivity index (χ3n) is 3.61. The van der Waals surface area contributed by atoms with E-state index in [1.807, 2.05) is 69.2 Å². The van der Waals surface area contributed by atoms with Crippen molar-refractivity contribution in [2.45, 2.75) is 13.8 Å². The van der Waals surface area contributed by atoms with Gasteiger partial charge in [0, 0.05) is 30.9 Å². The van der Waals surface area contributed by atoms with E-state index in [0.29, 0.717) is 5.56 Å². The van der Waals surface area contributed by atoms with Crippen molar-refractivity contribution in [3.8, 4) is 5.75 Å². The largest absolute Gasteiger partial charge is 0.496 e. The molecular weight excluding hydrogens is 262 g/mol. The normalized spacial score (nSPS) is 10.3. The maximum Gasteiger partial charge on any atom is 0.193 e. The number of hydrogen-bond donors (Lipinski definition) is 0. The molecule has 0 radical (unpaired) electrons. The van der Waals surface area contributed by atoms with Crippen molar-refractivity contribution in [1.29, 1.82) is 0 Å². The molecule has 0 fully saturated rings. The summed E-state index contributed by atoms with van der Waals surface area (Å²) in [5.74, 6) is 0.855. The highest BCUT2D eigenvalue weighted by Gasteiger charge is 2.14. The average Bonchev–Trinajstić information content (AvgIpc) is 2.48. The highest BCUT2D eigenvalue weighted by Crippen LogP contribution is 2.25. The van der Waals surface area contributed by atoms with Crippen molar-refractivity contribution >= 4 is 11.5 Å². The van der Waals surface area contributed by atoms with Gasteiger partial charge in [-0.25, -0.2) is 0 Å². The molecule has 0 amide bonds. The molecule has 3 heteroatoms. The second kappa shape index (κ2) is 6.00. The Morgan fingerprint density at radius 3 is 2.38 bits per heavy atom. The molecule has 0 N–H and O–H groups in total. The SMILES string of the molecule is COc1cc(C)c(C(=O)c2cccc(N(C)C)c2)cc1C. The minimum Gasteiger partial charge on any atom is -0.496 e. The van der Waals surface area contributed by atoms with Crippen LogP contribution in [0, 0.1) is 13.8 Å². The van der Waals surface area contributed by atoms with Gasteiger partial charge in [-0.1, -0.05) is 12.1 Å². The van der Waals surface area contributed by atoms with E-state index in [2.05, 4.69) is 0 Å². The van der Waals surface area contributed by atoms with Crippen LogP contribution in [0.1, 0.15) is 27.0 Å². The molecule has 0 aliphatic carbocycles. The van der Waals surface area contributed by atoms with E-state index in [9.17, 15) is 4.79 Å². The average molecular weight is 283 g/mol. The van der Waals surface area contributed by atoms with Gasteiger partial charge >= 0.3 is 0 Å². The third kappa shape index (κ3) is 3.07. The molecule has 0 bridgehead atoms. The van der Waals surface area contributed by atoms with E-state index in [0.717, 1.165) is 28.1 Å². The molecule has 0 unspecified atom stereocenters. The van der Waals surface area contributed by atoms with Crippen molar-refractivity contribution in [3.05, 3.63) is 58.7 Å². The van der Waals surface area contributed by atoms with E-state index in [1.165, 1.54) is 0 Å². The van der Waals surface area contributed by atoms with Crippen molar-refractivity contribution < 1.29 is 9.53 Å². The summed E-state index contributed by atoms with van der Waals surface area (Å²) in [6.45, 7) is 3.89. The summed E-state index contributed by atoms with van der Waals surface area (Å²) in [4.78, 5) is 14.7. The first-order chi connectivity index (χ1) is 9.93. The monoisotopic (exact) mass is 283 g/mol. The topological polar surface area (TPSA) is 29.5 Å². The Hall–Kier alpha value is -2.29. The number of carbonyl (C=O) groups is 1. The second-order valence-electron chi connectivity index (χ2n) is 5.41. The van der Waals surface area contributed by atoms with Gasteiger partial charge in [0.2, 0.25) is 0 Å². The zero-order valence-corrected chi connectivity index (χ0v) is 13.2. The quantitative estimate of drug-likeness (QED) is 0.803. The first kappa shape index (κ1) is 15.1. The van der Waals surface area contributed by atoms with Crippen LogP contribution < -0.4 is 9.64 Å². The second-order valence-corrected chi connectivity index (χ2v) is 5.41. The maximum atomic E-state index is 12.7. The summed E-state index contributed by atoms with van der Waals surface area (Å²) in [6.07, 6.45) is 0. The highest BCUT2D eigenvalue weighted by atomic mass is 16.5. The molecule has 0 atom stereocenters. The summed E-state index contributed by atoms with van der Waals surface area (Å²) in [5, 5.41) is 0. The number of anilines is 1. The van der Waals surface area contributed by atoms with Gasteiger partial charge in [-0.05, 0) is 49.2 Å². The molecule has 0 saturated heterocycles. The number of rotatable bonds is 4. The van der Waals surface area contributed by atoms with Crippen molar-refractivity contribution in [2.24, 2.45) is 0 Å². The number of hydrogen-bond acceptors (Lipinski definition) is 3. The number of methoxy groups -OCH3 is 1. The van der Waals surface area contributed by atoms with Crippen LogP contribution in [-0.2, 0) is 0 Å². The smallest absolute Gasteiger partial charge is 0.193 e. The molecule has 0 aromatic heterocycles. The predicted octanol–water partition coefficient (Wildman–Crippen LogP) is 3.61. The molecule has 0 aliphatic heterocycles. The van der Waals surface area contributed by atoms with Gasteiger partial charge in [-0.3, -0.25) is 4.79 Å². The maximum absolute atomic E-state index is 12.7. The van der Waals surface area contributed by atoms with Crippen LogP contribution in [0.2, 0.25) is 0 Å². The lowest BCUT2D eigenvalue weighted by Gasteiger charge is -2.14. The van der Waals surface area contributed by atoms with Crippen LogP contribution in [0.25, 0.3) is 0 Å². The minimum atomic E-state index is 0.0435. The summed E-state index contributed by atoms with van der Waals surface area (Å²) in [7, 11) is 5.57. The molecule has 0 heterocycles. The van der Waals surface area contributed by atoms with Gasteiger partial charge in [0.25, 0.3) is 0 Å². The number of benzene rings is 2. The number of carbonyl (C=O) groups excluding carboxylic acids is 1. The fourth-order valence-electron chi connectivity index (χ4n) is 2.34. The fourth-order valence-corrected chi connectivity index (χ4v) is 2.34. The number of nitrogens with zero attached hydrogens (tertiary/aromatic N) is 1. The summed E-state index contributed by atoms with van der Waals surface area (Å²) >= 11 is 0. The van der Waals surface area contributed by atoms with Crippen molar-refractivity contribution in [3.63, 3.8) is 0 Å². The van der Waals surface area contributed by atoms with Gasteiger partial charge in [-0.2, -0.15) is 0 Å². The Morgan fingerprint density at radius 1 is 1.05 bits per heavy atom. The molecule has 2 aromatic carbocycles. The van der Waals surface area contributed by atoms with Gasteiger partial charge in [0.05, 0.1) is 7.11 Å². The molecule has 21 heavy (non-hydrogen) atoms. The van der Waals surface area contributed by atoms with Gasteiger partial charge in [0.15, 0.2) is 5.78 Å². The third-order valence-corrected chi connectivity index (χ3v) is 3.61. The molecule has 0 aliphatic rings. The Labute approximate surface area is 126 Å². The molecule has 2 aromatic rings. The Balaban J connectivity index is 2.45. The van der Waals surface area contributed by atoms with Crippen LogP contribution in [0.3, 0.4) is 0 Å². The first-order valence-electron chi connectivity index (χ1n) is 6.91. The van der Waals surface area contributed by atoms with Crippen LogP contribution in [-0.4, -0.2) is 27.0 Å². The van der Waals surface area contributed by atoms with Crippen molar-refractivity contribution in [1.82, 2.24) is 0 Å². The van der Waals surface area contributed by atoms with Gasteiger partial charge in [-0.15, -0.1) is 0 Å². The first-order valence-corrected chi connectivity index (χ1v) is 6.91. The zero-order valence-electron chi connectivity index (χ0n) is 13.2. The Kier molecular flexibility index (Phi) is 4.32. The fraction of sp³-hybridized carbons (Fsp3) is 0.278. The zero-order chi connectivity index (χ0) is 15.6. The number of ketones is 1. The highest BCUT2D eigenvalue weighted by molar-refractivity contribution is 6.10. The molecule has 3 nitrogen and oxygen atoms in total. The van der Waals surface area contributed by atoms with E-state index in [4.69, 9.17) is 4.74 Å². The summed E-state index contributed by atoms with van der Waals surface area (Å²) in [6, 6.07) is 11.5. The lowest BCUT2D eigenvalue weighted by atomic mass is 9.96. The Morgan fingerprint density at radius 2 is 1.76 bits per heavy atom. The number of ether oxygens (including phenoxy) is 1. The molecule has 0 saturated carbocycles.